The summed E-state index contributed by atoms with van der Waals surface area (Å²) in [5, 5.41) is 3.22. The van der Waals surface area contributed by atoms with E-state index in [2.05, 4.69) is 33.0 Å². The van der Waals surface area contributed by atoms with Gasteiger partial charge in [0, 0.05) is 19.6 Å². The van der Waals surface area contributed by atoms with Gasteiger partial charge in [0.2, 0.25) is 10.0 Å². The minimum absolute atomic E-state index is 0.237. The zero-order valence-electron chi connectivity index (χ0n) is 11.9. The van der Waals surface area contributed by atoms with Gasteiger partial charge < -0.3 is 5.32 Å². The Hall–Kier alpha value is -0.130. The van der Waals surface area contributed by atoms with Crippen LogP contribution >= 0.6 is 0 Å². The first-order valence-corrected chi connectivity index (χ1v) is 8.04. The van der Waals surface area contributed by atoms with Gasteiger partial charge in [0.25, 0.3) is 0 Å². The van der Waals surface area contributed by atoms with Crippen LogP contribution in [-0.4, -0.2) is 44.7 Å². The third-order valence-corrected chi connectivity index (χ3v) is 4.56. The summed E-state index contributed by atoms with van der Waals surface area (Å²) in [6, 6.07) is 0.413. The summed E-state index contributed by atoms with van der Waals surface area (Å²) in [6.45, 7) is 9.71. The first-order valence-electron chi connectivity index (χ1n) is 6.43. The predicted octanol–water partition coefficient (Wildman–Crippen LogP) is 1.68. The van der Waals surface area contributed by atoms with E-state index < -0.39 is 10.0 Å². The van der Waals surface area contributed by atoms with E-state index in [9.17, 15) is 8.42 Å². The fraction of sp³-hybridized carbons (Fsp3) is 1.00. The maximum Gasteiger partial charge on any atom is 0.213 e. The van der Waals surface area contributed by atoms with Gasteiger partial charge in [-0.05, 0) is 25.3 Å². The largest absolute Gasteiger partial charge is 0.314 e. The molecule has 0 radical (unpaired) electrons. The average Bonchev–Trinajstić information content (AvgIpc) is 2.20. The van der Waals surface area contributed by atoms with Crippen LogP contribution in [0.2, 0.25) is 0 Å². The van der Waals surface area contributed by atoms with Crippen LogP contribution in [0.25, 0.3) is 0 Å². The summed E-state index contributed by atoms with van der Waals surface area (Å²) in [4.78, 5) is 0. The molecule has 5 heteroatoms. The van der Waals surface area contributed by atoms with E-state index in [0.717, 1.165) is 13.0 Å². The van der Waals surface area contributed by atoms with Crippen molar-refractivity contribution in [2.24, 2.45) is 5.92 Å². The van der Waals surface area contributed by atoms with Crippen LogP contribution in [-0.2, 0) is 10.0 Å². The highest BCUT2D eigenvalue weighted by molar-refractivity contribution is 7.89. The number of nitrogens with one attached hydrogen (secondary N) is 1. The molecule has 1 N–H and O–H groups in total. The Morgan fingerprint density at radius 3 is 2.24 bits per heavy atom. The molecule has 104 valence electrons. The lowest BCUT2D eigenvalue weighted by atomic mass is 10.1. The second-order valence-corrected chi connectivity index (χ2v) is 7.48. The van der Waals surface area contributed by atoms with Gasteiger partial charge in [0.1, 0.15) is 0 Å². The van der Waals surface area contributed by atoms with Gasteiger partial charge in [-0.1, -0.05) is 27.7 Å². The monoisotopic (exact) mass is 264 g/mol. The summed E-state index contributed by atoms with van der Waals surface area (Å²) >= 11 is 0. The van der Waals surface area contributed by atoms with Gasteiger partial charge in [-0.25, -0.2) is 12.7 Å². The van der Waals surface area contributed by atoms with Crippen LogP contribution in [0.5, 0.6) is 0 Å². The van der Waals surface area contributed by atoms with E-state index in [1.165, 1.54) is 4.31 Å². The molecule has 0 aliphatic heterocycles. The molecule has 0 saturated heterocycles. The van der Waals surface area contributed by atoms with Crippen molar-refractivity contribution in [3.63, 3.8) is 0 Å². The molecule has 17 heavy (non-hydrogen) atoms. The van der Waals surface area contributed by atoms with Crippen molar-refractivity contribution in [3.8, 4) is 0 Å². The highest BCUT2D eigenvalue weighted by Crippen LogP contribution is 2.06. The van der Waals surface area contributed by atoms with E-state index in [1.54, 1.807) is 7.05 Å². The lowest BCUT2D eigenvalue weighted by Gasteiger charge is -2.18. The first kappa shape index (κ1) is 16.9. The van der Waals surface area contributed by atoms with Gasteiger partial charge in [-0.15, -0.1) is 0 Å². The van der Waals surface area contributed by atoms with E-state index in [1.807, 2.05) is 0 Å². The van der Waals surface area contributed by atoms with Crippen molar-refractivity contribution < 1.29 is 8.42 Å². The van der Waals surface area contributed by atoms with E-state index >= 15 is 0 Å². The third kappa shape index (κ3) is 8.57. The zero-order chi connectivity index (χ0) is 13.5. The van der Waals surface area contributed by atoms with Crippen LogP contribution in [0.3, 0.4) is 0 Å². The van der Waals surface area contributed by atoms with Crippen molar-refractivity contribution in [1.29, 1.82) is 0 Å². The molecular formula is C12H28N2O2S. The molecule has 0 atom stereocenters. The molecule has 4 nitrogen and oxygen atoms in total. The summed E-state index contributed by atoms with van der Waals surface area (Å²) in [5.41, 5.74) is 0. The van der Waals surface area contributed by atoms with Gasteiger partial charge >= 0.3 is 0 Å². The van der Waals surface area contributed by atoms with Crippen LogP contribution < -0.4 is 5.32 Å². The molecule has 0 aromatic carbocycles. The number of hydrogen-bond donors (Lipinski definition) is 1. The lowest BCUT2D eigenvalue weighted by molar-refractivity contribution is 0.426. The SMILES string of the molecule is CC(C)CCN(C)S(=O)(=O)CCCNC(C)C. The van der Waals surface area contributed by atoms with Gasteiger partial charge in [-0.3, -0.25) is 0 Å². The Morgan fingerprint density at radius 2 is 1.76 bits per heavy atom. The normalized spacial score (nSPS) is 12.9. The van der Waals surface area contributed by atoms with Crippen molar-refractivity contribution in [1.82, 2.24) is 9.62 Å². The Kier molecular flexibility index (Phi) is 8.00. The molecule has 0 saturated carbocycles. The fourth-order valence-corrected chi connectivity index (χ4v) is 2.58. The molecule has 0 amide bonds. The maximum absolute atomic E-state index is 11.9. The van der Waals surface area contributed by atoms with Crippen molar-refractivity contribution in [3.05, 3.63) is 0 Å². The standard InChI is InChI=1S/C12H28N2O2S/c1-11(2)7-9-14(5)17(15,16)10-6-8-13-12(3)4/h11-13H,6-10H2,1-5H3. The molecule has 0 unspecified atom stereocenters. The molecule has 0 rings (SSSR count). The van der Waals surface area contributed by atoms with Gasteiger partial charge in [-0.2, -0.15) is 0 Å². The molecule has 0 heterocycles. The molecule has 0 aliphatic rings. The third-order valence-electron chi connectivity index (χ3n) is 2.63. The molecule has 0 bridgehead atoms. The van der Waals surface area contributed by atoms with Crippen LogP contribution in [0.4, 0.5) is 0 Å². The van der Waals surface area contributed by atoms with Crippen molar-refractivity contribution in [2.45, 2.75) is 46.6 Å². The number of sulfonamides is 1. The summed E-state index contributed by atoms with van der Waals surface area (Å²) < 4.78 is 25.3. The molecule has 0 aromatic rings. The van der Waals surface area contributed by atoms with Crippen LogP contribution in [0.1, 0.15) is 40.5 Å². The molecule has 0 fully saturated rings. The molecule has 0 aliphatic carbocycles. The number of nitrogens with zero attached hydrogens (tertiary/aromatic N) is 1. The summed E-state index contributed by atoms with van der Waals surface area (Å²) in [6.07, 6.45) is 1.59. The summed E-state index contributed by atoms with van der Waals surface area (Å²) in [7, 11) is -1.39. The second-order valence-electron chi connectivity index (χ2n) is 5.28. The number of rotatable bonds is 9. The first-order chi connectivity index (χ1) is 7.75. The Balaban J connectivity index is 3.93. The highest BCUT2D eigenvalue weighted by Gasteiger charge is 2.17. The van der Waals surface area contributed by atoms with Crippen molar-refractivity contribution >= 4 is 10.0 Å². The lowest BCUT2D eigenvalue weighted by Crippen LogP contribution is -2.32. The average molecular weight is 264 g/mol. The Labute approximate surface area is 107 Å². The molecular weight excluding hydrogens is 236 g/mol. The molecule has 0 spiro atoms. The highest BCUT2D eigenvalue weighted by atomic mass is 32.2. The van der Waals surface area contributed by atoms with Crippen molar-refractivity contribution in [2.75, 3.05) is 25.9 Å². The topological polar surface area (TPSA) is 49.4 Å². The quantitative estimate of drug-likeness (QED) is 0.645. The van der Waals surface area contributed by atoms with Crippen LogP contribution in [0, 0.1) is 5.92 Å². The molecule has 0 aromatic heterocycles. The fourth-order valence-electron chi connectivity index (χ4n) is 1.38. The second kappa shape index (κ2) is 8.06. The maximum atomic E-state index is 11.9. The summed E-state index contributed by atoms with van der Waals surface area (Å²) in [5.74, 6) is 0.775. The predicted molar refractivity (Wildman–Crippen MR) is 73.6 cm³/mol. The van der Waals surface area contributed by atoms with Gasteiger partial charge in [0.05, 0.1) is 5.75 Å². The van der Waals surface area contributed by atoms with Gasteiger partial charge in [0.15, 0.2) is 0 Å². The Bertz CT molecular complexity index is 287. The van der Waals surface area contributed by atoms with E-state index in [-0.39, 0.29) is 5.75 Å². The van der Waals surface area contributed by atoms with E-state index in [0.29, 0.717) is 24.9 Å². The van der Waals surface area contributed by atoms with E-state index in [4.69, 9.17) is 0 Å². The Morgan fingerprint density at radius 1 is 1.18 bits per heavy atom. The zero-order valence-corrected chi connectivity index (χ0v) is 12.7. The minimum atomic E-state index is -3.06. The van der Waals surface area contributed by atoms with Crippen LogP contribution in [0.15, 0.2) is 0 Å². The minimum Gasteiger partial charge on any atom is -0.314 e. The smallest absolute Gasteiger partial charge is 0.213 e. The number of hydrogen-bond acceptors (Lipinski definition) is 3.